The van der Waals surface area contributed by atoms with Crippen LogP contribution in [0.5, 0.6) is 11.5 Å². The van der Waals surface area contributed by atoms with Crippen molar-refractivity contribution in [3.05, 3.63) is 65.0 Å². The zero-order valence-corrected chi connectivity index (χ0v) is 20.4. The topological polar surface area (TPSA) is 71.0 Å². The number of hydrogen-bond donors (Lipinski definition) is 0. The highest BCUT2D eigenvalue weighted by Gasteiger charge is 2.23. The molecule has 8 nitrogen and oxygen atoms in total. The molecule has 1 saturated heterocycles. The number of hydrogen-bond acceptors (Lipinski definition) is 8. The van der Waals surface area contributed by atoms with E-state index in [1.807, 2.05) is 29.0 Å². The molecule has 0 aliphatic carbocycles. The van der Waals surface area contributed by atoms with Gasteiger partial charge in [-0.25, -0.2) is 4.98 Å². The average Bonchev–Trinajstić information content (AvgIpc) is 3.50. The number of aromatic nitrogens is 2. The number of aryl methyl sites for hydroxylation is 1. The van der Waals surface area contributed by atoms with E-state index in [1.54, 1.807) is 0 Å². The first-order valence-electron chi connectivity index (χ1n) is 11.5. The van der Waals surface area contributed by atoms with Gasteiger partial charge in [0.1, 0.15) is 5.82 Å². The van der Waals surface area contributed by atoms with Gasteiger partial charge in [-0.15, -0.1) is 0 Å². The Morgan fingerprint density at radius 3 is 2.56 bits per heavy atom. The molecule has 1 amide bonds. The molecule has 3 heterocycles. The van der Waals surface area contributed by atoms with Crippen molar-refractivity contribution in [2.45, 2.75) is 19.9 Å². The lowest BCUT2D eigenvalue weighted by molar-refractivity contribution is -0.131. The van der Waals surface area contributed by atoms with Crippen LogP contribution in [0, 0.1) is 6.92 Å². The highest BCUT2D eigenvalue weighted by Crippen LogP contribution is 2.32. The Kier molecular flexibility index (Phi) is 6.64. The lowest BCUT2D eigenvalue weighted by atomic mass is 10.1. The predicted molar refractivity (Wildman–Crippen MR) is 132 cm³/mol. The molecule has 178 valence electrons. The minimum Gasteiger partial charge on any atom is -0.454 e. The molecule has 3 aromatic rings. The smallest absolute Gasteiger partial charge is 0.242 e. The first-order chi connectivity index (χ1) is 16.5. The van der Waals surface area contributed by atoms with Crippen molar-refractivity contribution >= 4 is 22.6 Å². The molecule has 34 heavy (non-hydrogen) atoms. The first kappa shape index (κ1) is 22.6. The molecule has 0 saturated carbocycles. The maximum Gasteiger partial charge on any atom is 0.242 e. The number of rotatable bonds is 7. The van der Waals surface area contributed by atoms with E-state index in [0.717, 1.165) is 55.2 Å². The van der Waals surface area contributed by atoms with Crippen LogP contribution in [-0.2, 0) is 17.8 Å². The van der Waals surface area contributed by atoms with Crippen LogP contribution >= 0.6 is 11.5 Å². The molecule has 0 radical (unpaired) electrons. The number of piperazine rings is 1. The van der Waals surface area contributed by atoms with E-state index < -0.39 is 0 Å². The fourth-order valence-corrected chi connectivity index (χ4v) is 4.83. The minimum atomic E-state index is 0.125. The van der Waals surface area contributed by atoms with E-state index in [-0.39, 0.29) is 5.91 Å². The van der Waals surface area contributed by atoms with Gasteiger partial charge in [0, 0.05) is 57.7 Å². The summed E-state index contributed by atoms with van der Waals surface area (Å²) in [7, 11) is 1.91. The average molecular weight is 480 g/mol. The molecule has 2 aromatic carbocycles. The predicted octanol–water partition coefficient (Wildman–Crippen LogP) is 2.95. The van der Waals surface area contributed by atoms with Gasteiger partial charge < -0.3 is 19.3 Å². The molecule has 5 rings (SSSR count). The van der Waals surface area contributed by atoms with Crippen LogP contribution in [0.3, 0.4) is 0 Å². The Hall–Kier alpha value is -3.17. The Labute approximate surface area is 203 Å². The number of ether oxygens (including phenoxy) is 2. The summed E-state index contributed by atoms with van der Waals surface area (Å²) in [5, 5.41) is 0.775. The number of nitrogens with zero attached hydrogens (tertiary/aromatic N) is 5. The number of carbonyl (C=O) groups excluding carboxylic acids is 1. The molecule has 2 aliphatic heterocycles. The van der Waals surface area contributed by atoms with E-state index in [2.05, 4.69) is 51.5 Å². The number of carbonyl (C=O) groups is 1. The first-order valence-corrected chi connectivity index (χ1v) is 12.3. The van der Waals surface area contributed by atoms with Crippen molar-refractivity contribution in [3.8, 4) is 11.5 Å². The molecule has 0 atom stereocenters. The van der Waals surface area contributed by atoms with Gasteiger partial charge >= 0.3 is 0 Å². The highest BCUT2D eigenvalue weighted by atomic mass is 32.1. The Bertz CT molecular complexity index is 1140. The maximum atomic E-state index is 12.9. The number of anilines is 1. The van der Waals surface area contributed by atoms with E-state index >= 15 is 0 Å². The van der Waals surface area contributed by atoms with E-state index in [0.29, 0.717) is 19.8 Å². The summed E-state index contributed by atoms with van der Waals surface area (Å²) < 4.78 is 15.4. The van der Waals surface area contributed by atoms with Crippen molar-refractivity contribution in [1.29, 1.82) is 0 Å². The van der Waals surface area contributed by atoms with Gasteiger partial charge in [0.05, 0.1) is 6.54 Å². The fraction of sp³-hybridized carbons (Fsp3) is 0.400. The van der Waals surface area contributed by atoms with Crippen LogP contribution in [-0.4, -0.2) is 71.6 Å². The van der Waals surface area contributed by atoms with E-state index in [9.17, 15) is 4.79 Å². The van der Waals surface area contributed by atoms with Gasteiger partial charge in [0.25, 0.3) is 0 Å². The lowest BCUT2D eigenvalue weighted by Gasteiger charge is -2.35. The van der Waals surface area contributed by atoms with Gasteiger partial charge in [-0.3, -0.25) is 9.69 Å². The molecule has 0 N–H and O–H groups in total. The van der Waals surface area contributed by atoms with Crippen LogP contribution in [0.1, 0.15) is 22.5 Å². The minimum absolute atomic E-state index is 0.125. The lowest BCUT2D eigenvalue weighted by Crippen LogP contribution is -2.50. The van der Waals surface area contributed by atoms with Crippen molar-refractivity contribution in [2.24, 2.45) is 0 Å². The maximum absolute atomic E-state index is 12.9. The molecule has 1 fully saturated rings. The molecular formula is C25H29N5O3S. The molecule has 0 bridgehead atoms. The second-order valence-electron chi connectivity index (χ2n) is 8.86. The van der Waals surface area contributed by atoms with Gasteiger partial charge in [-0.2, -0.15) is 4.37 Å². The van der Waals surface area contributed by atoms with Crippen LogP contribution < -0.4 is 14.4 Å². The second-order valence-corrected chi connectivity index (χ2v) is 9.59. The van der Waals surface area contributed by atoms with Crippen molar-refractivity contribution in [2.75, 3.05) is 51.5 Å². The third-order valence-electron chi connectivity index (χ3n) is 6.21. The fourth-order valence-electron chi connectivity index (χ4n) is 4.18. The molecular weight excluding hydrogens is 450 g/mol. The third kappa shape index (κ3) is 5.31. The summed E-state index contributed by atoms with van der Waals surface area (Å²) in [4.78, 5) is 23.8. The standard InChI is InChI=1S/C25H29N5O3S/c1-18-3-5-19(6-4-18)14-23-26-25(34-27-23)28(2)16-24(31)30-11-9-29(10-12-30)15-20-7-8-21-22(13-20)33-17-32-21/h3-8,13H,9-12,14-17H2,1-2H3. The van der Waals surface area contributed by atoms with E-state index in [4.69, 9.17) is 9.47 Å². The third-order valence-corrected chi connectivity index (χ3v) is 7.08. The normalized spacial score (nSPS) is 15.5. The second kappa shape index (κ2) is 9.99. The number of fused-ring (bicyclic) bond motifs is 1. The molecule has 0 spiro atoms. The monoisotopic (exact) mass is 479 g/mol. The van der Waals surface area contributed by atoms with Gasteiger partial charge in [0.2, 0.25) is 17.8 Å². The van der Waals surface area contributed by atoms with Crippen LogP contribution in [0.4, 0.5) is 5.13 Å². The Morgan fingerprint density at radius 2 is 1.76 bits per heavy atom. The highest BCUT2D eigenvalue weighted by molar-refractivity contribution is 7.09. The SMILES string of the molecule is Cc1ccc(Cc2nsc(N(C)CC(=O)N3CCN(Cc4ccc5c(c4)OCO5)CC3)n2)cc1. The quantitative estimate of drug-likeness (QED) is 0.516. The zero-order chi connectivity index (χ0) is 23.5. The number of benzene rings is 2. The van der Waals surface area contributed by atoms with Gasteiger partial charge in [0.15, 0.2) is 11.5 Å². The molecule has 0 unspecified atom stereocenters. The summed E-state index contributed by atoms with van der Waals surface area (Å²) in [5.74, 6) is 2.54. The van der Waals surface area contributed by atoms with Gasteiger partial charge in [-0.1, -0.05) is 35.9 Å². The van der Waals surface area contributed by atoms with Crippen molar-refractivity contribution < 1.29 is 14.3 Å². The largest absolute Gasteiger partial charge is 0.454 e. The number of amides is 1. The van der Waals surface area contributed by atoms with Crippen LogP contribution in [0.15, 0.2) is 42.5 Å². The van der Waals surface area contributed by atoms with Crippen molar-refractivity contribution in [3.63, 3.8) is 0 Å². The summed E-state index contributed by atoms with van der Waals surface area (Å²) in [6, 6.07) is 14.5. The number of likely N-dealkylation sites (N-methyl/N-ethyl adjacent to an activating group) is 1. The molecule has 2 aliphatic rings. The van der Waals surface area contributed by atoms with E-state index in [1.165, 1.54) is 28.2 Å². The summed E-state index contributed by atoms with van der Waals surface area (Å²) in [5.41, 5.74) is 3.62. The Morgan fingerprint density at radius 1 is 1.03 bits per heavy atom. The Balaban J connectivity index is 1.09. The summed E-state index contributed by atoms with van der Waals surface area (Å²) in [6.07, 6.45) is 0.698. The summed E-state index contributed by atoms with van der Waals surface area (Å²) in [6.45, 7) is 6.67. The van der Waals surface area contributed by atoms with Crippen LogP contribution in [0.2, 0.25) is 0 Å². The van der Waals surface area contributed by atoms with Gasteiger partial charge in [-0.05, 0) is 30.2 Å². The van der Waals surface area contributed by atoms with Crippen LogP contribution in [0.25, 0.3) is 0 Å². The molecule has 9 heteroatoms. The molecule has 1 aromatic heterocycles. The van der Waals surface area contributed by atoms with Crippen molar-refractivity contribution in [1.82, 2.24) is 19.2 Å². The zero-order valence-electron chi connectivity index (χ0n) is 19.6. The summed E-state index contributed by atoms with van der Waals surface area (Å²) >= 11 is 1.35.